The van der Waals surface area contributed by atoms with E-state index in [1.165, 1.54) is 0 Å². The normalized spacial score (nSPS) is 18.7. The molecule has 0 aliphatic carbocycles. The molecule has 0 saturated carbocycles. The van der Waals surface area contributed by atoms with Gasteiger partial charge in [-0.1, -0.05) is 13.3 Å². The first-order valence-corrected chi connectivity index (χ1v) is 7.02. The zero-order valence-electron chi connectivity index (χ0n) is 11.9. The summed E-state index contributed by atoms with van der Waals surface area (Å²) in [7, 11) is 0. The van der Waals surface area contributed by atoms with Gasteiger partial charge in [-0.3, -0.25) is 9.69 Å². The molecule has 0 aromatic carbocycles. The third kappa shape index (κ3) is 5.92. The largest absolute Gasteiger partial charge is 0.480 e. The van der Waals surface area contributed by atoms with Crippen LogP contribution in [0.5, 0.6) is 0 Å². The molecule has 19 heavy (non-hydrogen) atoms. The molecule has 0 radical (unpaired) electrons. The van der Waals surface area contributed by atoms with Gasteiger partial charge in [-0.25, -0.2) is 4.79 Å². The first kappa shape index (κ1) is 15.8. The molecule has 0 aromatic heterocycles. The third-order valence-corrected chi connectivity index (χ3v) is 3.33. The smallest absolute Gasteiger partial charge is 0.317 e. The average Bonchev–Trinajstić information content (AvgIpc) is 2.54. The molecule has 2 N–H and O–H groups in total. The second-order valence-corrected chi connectivity index (χ2v) is 5.15. The van der Waals surface area contributed by atoms with Crippen molar-refractivity contribution in [1.29, 1.82) is 0 Å². The van der Waals surface area contributed by atoms with Gasteiger partial charge in [0.1, 0.15) is 0 Å². The Balaban J connectivity index is 2.39. The van der Waals surface area contributed by atoms with Gasteiger partial charge in [0.05, 0.1) is 6.54 Å². The number of hydrogen-bond donors (Lipinski definition) is 2. The summed E-state index contributed by atoms with van der Waals surface area (Å²) < 4.78 is 0. The standard InChI is InChI=1S/C13H25N3O3/c1-3-5-11(2)14-13(19)16-7-4-6-15(8-9-16)10-12(17)18/h11H,3-10H2,1-2H3,(H,14,19)(H,17,18). The lowest BCUT2D eigenvalue weighted by Gasteiger charge is -2.23. The fourth-order valence-electron chi connectivity index (χ4n) is 2.33. The number of nitrogens with zero attached hydrogens (tertiary/aromatic N) is 2. The fraction of sp³-hybridized carbons (Fsp3) is 0.846. The highest BCUT2D eigenvalue weighted by atomic mass is 16.4. The Bertz CT molecular complexity index is 310. The van der Waals surface area contributed by atoms with Gasteiger partial charge in [0.2, 0.25) is 0 Å². The van der Waals surface area contributed by atoms with Crippen molar-refractivity contribution in [2.45, 2.75) is 39.2 Å². The van der Waals surface area contributed by atoms with Gasteiger partial charge in [-0.15, -0.1) is 0 Å². The molecule has 1 aliphatic rings. The topological polar surface area (TPSA) is 72.9 Å². The molecule has 1 heterocycles. The van der Waals surface area contributed by atoms with E-state index >= 15 is 0 Å². The molecule has 6 nitrogen and oxygen atoms in total. The van der Waals surface area contributed by atoms with Crippen LogP contribution in [0.4, 0.5) is 4.79 Å². The van der Waals surface area contributed by atoms with Crippen LogP contribution in [-0.2, 0) is 4.79 Å². The number of carbonyl (C=O) groups is 2. The lowest BCUT2D eigenvalue weighted by Crippen LogP contribution is -2.45. The van der Waals surface area contributed by atoms with Crippen LogP contribution >= 0.6 is 0 Å². The highest BCUT2D eigenvalue weighted by Crippen LogP contribution is 2.04. The Morgan fingerprint density at radius 2 is 2.00 bits per heavy atom. The van der Waals surface area contributed by atoms with Crippen LogP contribution in [0, 0.1) is 0 Å². The number of carbonyl (C=O) groups excluding carboxylic acids is 1. The van der Waals surface area contributed by atoms with Crippen LogP contribution in [0.2, 0.25) is 0 Å². The average molecular weight is 271 g/mol. The fourth-order valence-corrected chi connectivity index (χ4v) is 2.33. The molecule has 0 spiro atoms. The number of nitrogens with one attached hydrogen (secondary N) is 1. The SMILES string of the molecule is CCCC(C)NC(=O)N1CCCN(CC(=O)O)CC1. The van der Waals surface area contributed by atoms with Gasteiger partial charge >= 0.3 is 12.0 Å². The number of carboxylic acid groups (broad SMARTS) is 1. The van der Waals surface area contributed by atoms with E-state index < -0.39 is 5.97 Å². The van der Waals surface area contributed by atoms with E-state index in [2.05, 4.69) is 12.2 Å². The summed E-state index contributed by atoms with van der Waals surface area (Å²) >= 11 is 0. The van der Waals surface area contributed by atoms with Gasteiger partial charge < -0.3 is 15.3 Å². The number of rotatable bonds is 5. The number of aliphatic carboxylic acids is 1. The summed E-state index contributed by atoms with van der Waals surface area (Å²) in [5.74, 6) is -0.811. The second kappa shape index (κ2) is 7.99. The maximum atomic E-state index is 12.0. The van der Waals surface area contributed by atoms with Crippen molar-refractivity contribution in [3.05, 3.63) is 0 Å². The van der Waals surface area contributed by atoms with Crippen molar-refractivity contribution < 1.29 is 14.7 Å². The molecule has 6 heteroatoms. The quantitative estimate of drug-likeness (QED) is 0.781. The maximum Gasteiger partial charge on any atom is 0.317 e. The minimum absolute atomic E-state index is 0.0295. The molecule has 1 atom stereocenters. The van der Waals surface area contributed by atoms with Crippen LogP contribution in [0.3, 0.4) is 0 Å². The lowest BCUT2D eigenvalue weighted by molar-refractivity contribution is -0.138. The van der Waals surface area contributed by atoms with Crippen molar-refractivity contribution in [2.24, 2.45) is 0 Å². The summed E-state index contributed by atoms with van der Waals surface area (Å²) in [5.41, 5.74) is 0. The summed E-state index contributed by atoms with van der Waals surface area (Å²) in [6.07, 6.45) is 2.85. The Labute approximate surface area is 114 Å². The third-order valence-electron chi connectivity index (χ3n) is 3.33. The molecular formula is C13H25N3O3. The van der Waals surface area contributed by atoms with Gasteiger partial charge in [-0.2, -0.15) is 0 Å². The predicted octanol–water partition coefficient (Wildman–Crippen LogP) is 0.977. The molecule has 1 rings (SSSR count). The van der Waals surface area contributed by atoms with Gasteiger partial charge in [-0.05, 0) is 19.8 Å². The van der Waals surface area contributed by atoms with Crippen LogP contribution < -0.4 is 5.32 Å². The minimum Gasteiger partial charge on any atom is -0.480 e. The monoisotopic (exact) mass is 271 g/mol. The minimum atomic E-state index is -0.811. The Hall–Kier alpha value is -1.30. The summed E-state index contributed by atoms with van der Waals surface area (Å²) in [6.45, 7) is 6.82. The van der Waals surface area contributed by atoms with E-state index in [1.807, 2.05) is 11.8 Å². The zero-order valence-corrected chi connectivity index (χ0v) is 11.9. The van der Waals surface area contributed by atoms with E-state index in [1.54, 1.807) is 4.90 Å². The van der Waals surface area contributed by atoms with E-state index in [9.17, 15) is 9.59 Å². The second-order valence-electron chi connectivity index (χ2n) is 5.15. The Morgan fingerprint density at radius 3 is 2.63 bits per heavy atom. The van der Waals surface area contributed by atoms with Gasteiger partial charge in [0, 0.05) is 32.2 Å². The first-order chi connectivity index (χ1) is 9.02. The highest BCUT2D eigenvalue weighted by Gasteiger charge is 2.20. The molecule has 0 bridgehead atoms. The number of urea groups is 1. The van der Waals surface area contributed by atoms with Crippen LogP contribution in [-0.4, -0.2) is 65.7 Å². The predicted molar refractivity (Wildman–Crippen MR) is 73.2 cm³/mol. The molecule has 1 saturated heterocycles. The van der Waals surface area contributed by atoms with Crippen molar-refractivity contribution in [3.63, 3.8) is 0 Å². The maximum absolute atomic E-state index is 12.0. The van der Waals surface area contributed by atoms with Gasteiger partial charge in [0.25, 0.3) is 0 Å². The molecule has 110 valence electrons. The lowest BCUT2D eigenvalue weighted by atomic mass is 10.2. The van der Waals surface area contributed by atoms with E-state index in [-0.39, 0.29) is 18.6 Å². The van der Waals surface area contributed by atoms with Crippen molar-refractivity contribution in [3.8, 4) is 0 Å². The zero-order chi connectivity index (χ0) is 14.3. The van der Waals surface area contributed by atoms with E-state index in [0.717, 1.165) is 25.8 Å². The Morgan fingerprint density at radius 1 is 1.26 bits per heavy atom. The first-order valence-electron chi connectivity index (χ1n) is 7.02. The van der Waals surface area contributed by atoms with Crippen molar-refractivity contribution >= 4 is 12.0 Å². The van der Waals surface area contributed by atoms with Crippen LogP contribution in [0.15, 0.2) is 0 Å². The van der Waals surface area contributed by atoms with Crippen LogP contribution in [0.25, 0.3) is 0 Å². The summed E-state index contributed by atoms with van der Waals surface area (Å²) in [4.78, 5) is 26.4. The molecular weight excluding hydrogens is 246 g/mol. The molecule has 0 aromatic rings. The van der Waals surface area contributed by atoms with Gasteiger partial charge in [0.15, 0.2) is 0 Å². The van der Waals surface area contributed by atoms with Crippen molar-refractivity contribution in [2.75, 3.05) is 32.7 Å². The van der Waals surface area contributed by atoms with E-state index in [4.69, 9.17) is 5.11 Å². The van der Waals surface area contributed by atoms with Crippen molar-refractivity contribution in [1.82, 2.24) is 15.1 Å². The van der Waals surface area contributed by atoms with E-state index in [0.29, 0.717) is 19.6 Å². The number of amides is 2. The summed E-state index contributed by atoms with van der Waals surface area (Å²) in [6, 6.07) is 0.161. The summed E-state index contributed by atoms with van der Waals surface area (Å²) in [5, 5.41) is 11.8. The molecule has 1 aliphatic heterocycles. The molecule has 1 fully saturated rings. The molecule has 2 amide bonds. The van der Waals surface area contributed by atoms with Crippen LogP contribution in [0.1, 0.15) is 33.1 Å². The Kier molecular flexibility index (Phi) is 6.62. The number of carboxylic acids is 1. The molecule has 1 unspecified atom stereocenters. The number of hydrogen-bond acceptors (Lipinski definition) is 3. The highest BCUT2D eigenvalue weighted by molar-refractivity contribution is 5.74.